The van der Waals surface area contributed by atoms with Crippen molar-refractivity contribution in [2.45, 2.75) is 27.7 Å². The molecule has 132 valence electrons. The monoisotopic (exact) mass is 348 g/mol. The van der Waals surface area contributed by atoms with Crippen molar-refractivity contribution in [3.05, 3.63) is 74.6 Å². The Balaban J connectivity index is 2.03. The number of H-pyrrole nitrogens is 1. The minimum absolute atomic E-state index is 0.0372. The number of amides is 1. The summed E-state index contributed by atoms with van der Waals surface area (Å²) >= 11 is 0. The fourth-order valence-corrected chi connectivity index (χ4v) is 3.02. The van der Waals surface area contributed by atoms with Crippen LogP contribution in [0.15, 0.2) is 41.2 Å². The van der Waals surface area contributed by atoms with E-state index >= 15 is 0 Å². The lowest BCUT2D eigenvalue weighted by molar-refractivity contribution is 0.101. The number of ketones is 1. The molecule has 0 radical (unpaired) electrons. The molecule has 2 aromatic carbocycles. The Morgan fingerprint density at radius 1 is 0.962 bits per heavy atom. The summed E-state index contributed by atoms with van der Waals surface area (Å²) in [5, 5.41) is 3.55. The minimum atomic E-state index is -0.504. The SMILES string of the molecule is CC(=O)c1ccc(C)c(NC(=O)c2cc3cc(C)cc(C)c3[nH]c2=O)c1. The van der Waals surface area contributed by atoms with E-state index < -0.39 is 11.5 Å². The van der Waals surface area contributed by atoms with Crippen molar-refractivity contribution in [1.82, 2.24) is 4.98 Å². The minimum Gasteiger partial charge on any atom is -0.322 e. The van der Waals surface area contributed by atoms with Crippen molar-refractivity contribution in [2.24, 2.45) is 0 Å². The molecule has 0 bridgehead atoms. The van der Waals surface area contributed by atoms with Crippen LogP contribution in [0.1, 0.15) is 44.3 Å². The van der Waals surface area contributed by atoms with Crippen LogP contribution in [0.2, 0.25) is 0 Å². The van der Waals surface area contributed by atoms with Crippen LogP contribution in [0, 0.1) is 20.8 Å². The summed E-state index contributed by atoms with van der Waals surface area (Å²) < 4.78 is 0. The first-order valence-electron chi connectivity index (χ1n) is 8.33. The molecular weight excluding hydrogens is 328 g/mol. The third-order valence-electron chi connectivity index (χ3n) is 4.43. The Morgan fingerprint density at radius 2 is 1.69 bits per heavy atom. The summed E-state index contributed by atoms with van der Waals surface area (Å²) in [5.74, 6) is -0.592. The van der Waals surface area contributed by atoms with Gasteiger partial charge in [0.1, 0.15) is 5.56 Å². The van der Waals surface area contributed by atoms with Crippen LogP contribution in [0.3, 0.4) is 0 Å². The Hall–Kier alpha value is -3.21. The molecule has 2 N–H and O–H groups in total. The number of aryl methyl sites for hydroxylation is 3. The Labute approximate surface area is 151 Å². The predicted octanol–water partition coefficient (Wildman–Crippen LogP) is 3.91. The number of benzene rings is 2. The summed E-state index contributed by atoms with van der Waals surface area (Å²) in [6, 6.07) is 10.6. The van der Waals surface area contributed by atoms with Gasteiger partial charge in [0.25, 0.3) is 11.5 Å². The number of pyridine rings is 1. The Bertz CT molecular complexity index is 1110. The first-order valence-corrected chi connectivity index (χ1v) is 8.33. The Morgan fingerprint density at radius 3 is 2.38 bits per heavy atom. The topological polar surface area (TPSA) is 79.0 Å². The standard InChI is InChI=1S/C21H20N2O3/c1-11-7-13(3)19-16(8-11)9-17(21(26)23-19)20(25)22-18-10-15(14(4)24)6-5-12(18)2/h5-10H,1-4H3,(H,22,25)(H,23,26). The fraction of sp³-hybridized carbons (Fsp3) is 0.190. The van der Waals surface area contributed by atoms with Crippen molar-refractivity contribution >= 4 is 28.3 Å². The van der Waals surface area contributed by atoms with Crippen molar-refractivity contribution in [1.29, 1.82) is 0 Å². The molecule has 3 rings (SSSR count). The highest BCUT2D eigenvalue weighted by Crippen LogP contribution is 2.20. The number of anilines is 1. The largest absolute Gasteiger partial charge is 0.322 e. The van der Waals surface area contributed by atoms with E-state index in [0.717, 1.165) is 27.6 Å². The number of Topliss-reactive ketones (excluding diaryl/α,β-unsaturated/α-hetero) is 1. The van der Waals surface area contributed by atoms with Gasteiger partial charge < -0.3 is 10.3 Å². The van der Waals surface area contributed by atoms with Gasteiger partial charge in [0, 0.05) is 11.3 Å². The van der Waals surface area contributed by atoms with Gasteiger partial charge in [0.15, 0.2) is 5.78 Å². The zero-order chi connectivity index (χ0) is 19.0. The molecular formula is C21H20N2O3. The average Bonchev–Trinajstić information content (AvgIpc) is 2.56. The van der Waals surface area contributed by atoms with E-state index in [9.17, 15) is 14.4 Å². The molecule has 0 fully saturated rings. The van der Waals surface area contributed by atoms with Crippen molar-refractivity contribution < 1.29 is 9.59 Å². The molecule has 0 saturated heterocycles. The quantitative estimate of drug-likeness (QED) is 0.704. The maximum absolute atomic E-state index is 12.7. The summed E-state index contributed by atoms with van der Waals surface area (Å²) in [7, 11) is 0. The first-order chi connectivity index (χ1) is 12.3. The van der Waals surface area contributed by atoms with Crippen LogP contribution in [0.5, 0.6) is 0 Å². The zero-order valence-electron chi connectivity index (χ0n) is 15.2. The van der Waals surface area contributed by atoms with Crippen LogP contribution in [-0.2, 0) is 0 Å². The molecule has 1 amide bonds. The van der Waals surface area contributed by atoms with E-state index in [-0.39, 0.29) is 11.3 Å². The van der Waals surface area contributed by atoms with E-state index in [2.05, 4.69) is 10.3 Å². The second-order valence-electron chi connectivity index (χ2n) is 6.60. The van der Waals surface area contributed by atoms with Gasteiger partial charge in [-0.25, -0.2) is 0 Å². The number of rotatable bonds is 3. The van der Waals surface area contributed by atoms with E-state index in [1.165, 1.54) is 6.92 Å². The highest BCUT2D eigenvalue weighted by molar-refractivity contribution is 6.07. The van der Waals surface area contributed by atoms with E-state index in [0.29, 0.717) is 11.3 Å². The molecule has 0 saturated carbocycles. The lowest BCUT2D eigenvalue weighted by atomic mass is 10.0. The lowest BCUT2D eigenvalue weighted by Crippen LogP contribution is -2.23. The van der Waals surface area contributed by atoms with Gasteiger partial charge in [0.05, 0.1) is 5.52 Å². The molecule has 0 unspecified atom stereocenters. The van der Waals surface area contributed by atoms with Crippen molar-refractivity contribution in [3.63, 3.8) is 0 Å². The second kappa shape index (κ2) is 6.59. The number of aromatic amines is 1. The number of carbonyl (C=O) groups is 2. The van der Waals surface area contributed by atoms with Crippen LogP contribution >= 0.6 is 0 Å². The number of carbonyl (C=O) groups excluding carboxylic acids is 2. The van der Waals surface area contributed by atoms with Crippen LogP contribution in [0.4, 0.5) is 5.69 Å². The highest BCUT2D eigenvalue weighted by Gasteiger charge is 2.15. The van der Waals surface area contributed by atoms with Gasteiger partial charge in [-0.2, -0.15) is 0 Å². The number of aromatic nitrogens is 1. The second-order valence-corrected chi connectivity index (χ2v) is 6.60. The fourth-order valence-electron chi connectivity index (χ4n) is 3.02. The van der Waals surface area contributed by atoms with Gasteiger partial charge in [-0.15, -0.1) is 0 Å². The zero-order valence-corrected chi connectivity index (χ0v) is 15.2. The van der Waals surface area contributed by atoms with Crippen LogP contribution in [0.25, 0.3) is 10.9 Å². The first kappa shape index (κ1) is 17.6. The van der Waals surface area contributed by atoms with Gasteiger partial charge in [-0.05, 0) is 62.4 Å². The number of nitrogens with one attached hydrogen (secondary N) is 2. The molecule has 5 heteroatoms. The molecule has 5 nitrogen and oxygen atoms in total. The molecule has 1 aromatic heterocycles. The van der Waals surface area contributed by atoms with E-state index in [1.807, 2.05) is 32.9 Å². The molecule has 1 heterocycles. The Kier molecular flexibility index (Phi) is 4.47. The molecule has 0 atom stereocenters. The molecule has 26 heavy (non-hydrogen) atoms. The van der Waals surface area contributed by atoms with Crippen LogP contribution < -0.4 is 10.9 Å². The third kappa shape index (κ3) is 3.28. The molecule has 0 aliphatic rings. The van der Waals surface area contributed by atoms with E-state index in [1.54, 1.807) is 24.3 Å². The average molecular weight is 348 g/mol. The van der Waals surface area contributed by atoms with Crippen molar-refractivity contribution in [3.8, 4) is 0 Å². The smallest absolute Gasteiger partial charge is 0.261 e. The van der Waals surface area contributed by atoms with Gasteiger partial charge in [0.2, 0.25) is 0 Å². The van der Waals surface area contributed by atoms with Gasteiger partial charge in [-0.3, -0.25) is 14.4 Å². The highest BCUT2D eigenvalue weighted by atomic mass is 16.2. The molecule has 3 aromatic rings. The molecule has 0 aliphatic heterocycles. The van der Waals surface area contributed by atoms with Crippen molar-refractivity contribution in [2.75, 3.05) is 5.32 Å². The van der Waals surface area contributed by atoms with E-state index in [4.69, 9.17) is 0 Å². The summed E-state index contributed by atoms with van der Waals surface area (Å²) in [4.78, 5) is 39.4. The summed E-state index contributed by atoms with van der Waals surface area (Å²) in [6.07, 6.45) is 0. The predicted molar refractivity (Wildman–Crippen MR) is 103 cm³/mol. The lowest BCUT2D eigenvalue weighted by Gasteiger charge is -2.11. The normalized spacial score (nSPS) is 10.8. The molecule has 0 spiro atoms. The third-order valence-corrected chi connectivity index (χ3v) is 4.43. The van der Waals surface area contributed by atoms with Gasteiger partial charge in [-0.1, -0.05) is 23.8 Å². The maximum atomic E-state index is 12.7. The maximum Gasteiger partial charge on any atom is 0.261 e. The number of hydrogen-bond acceptors (Lipinski definition) is 3. The number of fused-ring (bicyclic) bond motifs is 1. The van der Waals surface area contributed by atoms with Crippen LogP contribution in [-0.4, -0.2) is 16.7 Å². The molecule has 0 aliphatic carbocycles. The summed E-state index contributed by atoms with van der Waals surface area (Å²) in [6.45, 7) is 7.18. The van der Waals surface area contributed by atoms with Gasteiger partial charge >= 0.3 is 0 Å². The summed E-state index contributed by atoms with van der Waals surface area (Å²) in [5.41, 5.74) is 4.16. The number of hydrogen-bond donors (Lipinski definition) is 2.